The molecule has 2 rings (SSSR count). The van der Waals surface area contributed by atoms with Crippen LogP contribution in [-0.2, 0) is 9.53 Å². The minimum atomic E-state index is -0.232. The van der Waals surface area contributed by atoms with Gasteiger partial charge in [-0.2, -0.15) is 0 Å². The fourth-order valence-corrected chi connectivity index (χ4v) is 3.53. The van der Waals surface area contributed by atoms with Gasteiger partial charge in [-0.15, -0.1) is 0 Å². The first-order chi connectivity index (χ1) is 10.7. The molecule has 0 atom stereocenters. The zero-order valence-corrected chi connectivity index (χ0v) is 13.8. The summed E-state index contributed by atoms with van der Waals surface area (Å²) in [5.41, 5.74) is 0. The van der Waals surface area contributed by atoms with E-state index in [4.69, 9.17) is 4.74 Å². The Morgan fingerprint density at radius 2 is 1.77 bits per heavy atom. The van der Waals surface area contributed by atoms with Crippen molar-refractivity contribution in [3.63, 3.8) is 0 Å². The molecule has 0 aromatic carbocycles. The highest BCUT2D eigenvalue weighted by Crippen LogP contribution is 2.27. The molecule has 1 N–H and O–H groups in total. The van der Waals surface area contributed by atoms with Gasteiger partial charge in [0, 0.05) is 25.6 Å². The molecular weight excluding hydrogens is 280 g/mol. The summed E-state index contributed by atoms with van der Waals surface area (Å²) in [5, 5.41) is 3.13. The third-order valence-corrected chi connectivity index (χ3v) is 4.89. The Hall–Kier alpha value is -1.26. The number of nitrogens with zero attached hydrogens (tertiary/aromatic N) is 1. The molecule has 0 spiro atoms. The van der Waals surface area contributed by atoms with Gasteiger partial charge in [-0.25, -0.2) is 4.79 Å². The number of nitrogens with one attached hydrogen (secondary N) is 1. The van der Waals surface area contributed by atoms with Gasteiger partial charge in [-0.1, -0.05) is 32.1 Å². The normalized spacial score (nSPS) is 20.7. The Balaban J connectivity index is 1.60. The molecule has 1 saturated heterocycles. The molecule has 126 valence electrons. The van der Waals surface area contributed by atoms with Crippen molar-refractivity contribution in [1.29, 1.82) is 0 Å². The lowest BCUT2D eigenvalue weighted by Crippen LogP contribution is -2.46. The van der Waals surface area contributed by atoms with Crippen LogP contribution in [0.2, 0.25) is 0 Å². The van der Waals surface area contributed by atoms with E-state index in [0.717, 1.165) is 25.2 Å². The first-order valence-corrected chi connectivity index (χ1v) is 8.90. The zero-order chi connectivity index (χ0) is 15.8. The van der Waals surface area contributed by atoms with Crippen molar-refractivity contribution in [2.24, 2.45) is 5.92 Å². The Morgan fingerprint density at radius 1 is 1.09 bits per heavy atom. The standard InChI is InChI=1S/C17H30N2O3/c1-2-22-17(21)19-12-10-15(11-13-19)18-16(20)9-8-14-6-4-3-5-7-14/h14-15H,2-13H2,1H3,(H,18,20). The first-order valence-electron chi connectivity index (χ1n) is 8.90. The molecular formula is C17H30N2O3. The predicted molar refractivity (Wildman–Crippen MR) is 85.6 cm³/mol. The maximum absolute atomic E-state index is 12.1. The van der Waals surface area contributed by atoms with Gasteiger partial charge < -0.3 is 15.0 Å². The fourth-order valence-electron chi connectivity index (χ4n) is 3.53. The monoisotopic (exact) mass is 310 g/mol. The molecule has 1 heterocycles. The summed E-state index contributed by atoms with van der Waals surface area (Å²) in [7, 11) is 0. The van der Waals surface area contributed by atoms with E-state index < -0.39 is 0 Å². The number of carbonyl (C=O) groups is 2. The molecule has 0 radical (unpaired) electrons. The van der Waals surface area contributed by atoms with Gasteiger partial charge in [0.05, 0.1) is 6.61 Å². The molecule has 0 bridgehead atoms. The second-order valence-corrected chi connectivity index (χ2v) is 6.57. The number of piperidine rings is 1. The number of ether oxygens (including phenoxy) is 1. The van der Waals surface area contributed by atoms with Crippen LogP contribution in [0.15, 0.2) is 0 Å². The van der Waals surface area contributed by atoms with Gasteiger partial charge >= 0.3 is 6.09 Å². The Labute approximate surface area is 133 Å². The smallest absolute Gasteiger partial charge is 0.409 e. The van der Waals surface area contributed by atoms with Crippen LogP contribution in [-0.4, -0.2) is 42.6 Å². The van der Waals surface area contributed by atoms with Crippen LogP contribution < -0.4 is 5.32 Å². The quantitative estimate of drug-likeness (QED) is 0.849. The highest BCUT2D eigenvalue weighted by molar-refractivity contribution is 5.76. The summed E-state index contributed by atoms with van der Waals surface area (Å²) < 4.78 is 5.00. The van der Waals surface area contributed by atoms with Crippen molar-refractivity contribution in [3.05, 3.63) is 0 Å². The lowest BCUT2D eigenvalue weighted by molar-refractivity contribution is -0.122. The van der Waals surface area contributed by atoms with Gasteiger partial charge in [0.2, 0.25) is 5.91 Å². The summed E-state index contributed by atoms with van der Waals surface area (Å²) in [6.07, 6.45) is 9.73. The van der Waals surface area contributed by atoms with Crippen molar-refractivity contribution in [2.75, 3.05) is 19.7 Å². The Bertz CT molecular complexity index is 359. The van der Waals surface area contributed by atoms with Crippen LogP contribution in [0.1, 0.15) is 64.7 Å². The molecule has 5 nitrogen and oxygen atoms in total. The van der Waals surface area contributed by atoms with Crippen molar-refractivity contribution in [3.8, 4) is 0 Å². The summed E-state index contributed by atoms with van der Waals surface area (Å²) >= 11 is 0. The van der Waals surface area contributed by atoms with Crippen molar-refractivity contribution < 1.29 is 14.3 Å². The van der Waals surface area contributed by atoms with E-state index in [1.807, 2.05) is 6.92 Å². The lowest BCUT2D eigenvalue weighted by atomic mass is 9.86. The predicted octanol–water partition coefficient (Wildman–Crippen LogP) is 3.08. The molecule has 2 amide bonds. The minimum Gasteiger partial charge on any atom is -0.450 e. The van der Waals surface area contributed by atoms with E-state index in [1.54, 1.807) is 4.90 Å². The van der Waals surface area contributed by atoms with Gasteiger partial charge in [-0.3, -0.25) is 4.79 Å². The third kappa shape index (κ3) is 5.50. The zero-order valence-electron chi connectivity index (χ0n) is 13.8. The second kappa shape index (κ2) is 9.01. The largest absolute Gasteiger partial charge is 0.450 e. The van der Waals surface area contributed by atoms with E-state index >= 15 is 0 Å². The summed E-state index contributed by atoms with van der Waals surface area (Å²) in [4.78, 5) is 25.4. The number of rotatable bonds is 5. The van der Waals surface area contributed by atoms with Crippen LogP contribution in [0, 0.1) is 5.92 Å². The molecule has 2 aliphatic rings. The van der Waals surface area contributed by atoms with Crippen molar-refractivity contribution >= 4 is 12.0 Å². The van der Waals surface area contributed by atoms with E-state index in [1.165, 1.54) is 32.1 Å². The number of likely N-dealkylation sites (tertiary alicyclic amines) is 1. The topological polar surface area (TPSA) is 58.6 Å². The number of carbonyl (C=O) groups excluding carboxylic acids is 2. The summed E-state index contributed by atoms with van der Waals surface area (Å²) in [6, 6.07) is 0.213. The lowest BCUT2D eigenvalue weighted by Gasteiger charge is -2.31. The van der Waals surface area contributed by atoms with Gasteiger partial charge in [-0.05, 0) is 32.1 Å². The minimum absolute atomic E-state index is 0.181. The van der Waals surface area contributed by atoms with E-state index in [2.05, 4.69) is 5.32 Å². The van der Waals surface area contributed by atoms with E-state index in [9.17, 15) is 9.59 Å². The Morgan fingerprint density at radius 3 is 2.41 bits per heavy atom. The molecule has 1 saturated carbocycles. The van der Waals surface area contributed by atoms with Crippen molar-refractivity contribution in [1.82, 2.24) is 10.2 Å². The van der Waals surface area contributed by atoms with Crippen LogP contribution in [0.4, 0.5) is 4.79 Å². The molecule has 22 heavy (non-hydrogen) atoms. The number of hydrogen-bond acceptors (Lipinski definition) is 3. The van der Waals surface area contributed by atoms with E-state index in [-0.39, 0.29) is 18.0 Å². The fraction of sp³-hybridized carbons (Fsp3) is 0.882. The summed E-state index contributed by atoms with van der Waals surface area (Å²) in [5.74, 6) is 0.935. The average molecular weight is 310 g/mol. The Kier molecular flexibility index (Phi) is 7.00. The highest BCUT2D eigenvalue weighted by atomic mass is 16.6. The first kappa shape index (κ1) is 17.1. The number of hydrogen-bond donors (Lipinski definition) is 1. The molecule has 0 aromatic rings. The average Bonchev–Trinajstić information content (AvgIpc) is 2.55. The van der Waals surface area contributed by atoms with Crippen LogP contribution in [0.5, 0.6) is 0 Å². The molecule has 2 fully saturated rings. The number of amides is 2. The molecule has 1 aliphatic carbocycles. The highest BCUT2D eigenvalue weighted by Gasteiger charge is 2.24. The van der Waals surface area contributed by atoms with Gasteiger partial charge in [0.1, 0.15) is 0 Å². The van der Waals surface area contributed by atoms with Gasteiger partial charge in [0.25, 0.3) is 0 Å². The summed E-state index contributed by atoms with van der Waals surface area (Å²) in [6.45, 7) is 3.58. The SMILES string of the molecule is CCOC(=O)N1CCC(NC(=O)CCC2CCCCC2)CC1. The van der Waals surface area contributed by atoms with Crippen molar-refractivity contribution in [2.45, 2.75) is 70.8 Å². The molecule has 0 unspecified atom stereocenters. The molecule has 1 aliphatic heterocycles. The van der Waals surface area contributed by atoms with Crippen LogP contribution >= 0.6 is 0 Å². The van der Waals surface area contributed by atoms with Crippen LogP contribution in [0.3, 0.4) is 0 Å². The van der Waals surface area contributed by atoms with E-state index in [0.29, 0.717) is 26.1 Å². The van der Waals surface area contributed by atoms with Gasteiger partial charge in [0.15, 0.2) is 0 Å². The third-order valence-electron chi connectivity index (χ3n) is 4.89. The molecule has 0 aromatic heterocycles. The maximum atomic E-state index is 12.1. The van der Waals surface area contributed by atoms with Crippen LogP contribution in [0.25, 0.3) is 0 Å². The second-order valence-electron chi connectivity index (χ2n) is 6.57. The molecule has 5 heteroatoms. The maximum Gasteiger partial charge on any atom is 0.409 e.